The van der Waals surface area contributed by atoms with Crippen molar-refractivity contribution in [2.75, 3.05) is 12.4 Å². The molecule has 2 nitrogen and oxygen atoms in total. The molecule has 21 heavy (non-hydrogen) atoms. The topological polar surface area (TPSA) is 29.1 Å². The lowest BCUT2D eigenvalue weighted by Gasteiger charge is -2.30. The summed E-state index contributed by atoms with van der Waals surface area (Å²) in [7, 11) is 0. The van der Waals surface area contributed by atoms with E-state index in [0.29, 0.717) is 24.3 Å². The normalized spacial score (nSPS) is 22.1. The smallest absolute Gasteiger partial charge is 0.254 e. The number of halogens is 3. The first-order chi connectivity index (χ1) is 10.0. The third-order valence-electron chi connectivity index (χ3n) is 4.28. The minimum atomic E-state index is -0.826. The summed E-state index contributed by atoms with van der Waals surface area (Å²) in [6.45, 7) is 2.00. The van der Waals surface area contributed by atoms with Crippen LogP contribution in [0.2, 0.25) is 0 Å². The molecular formula is C16H20ClF2NO. The average molecular weight is 316 g/mol. The van der Waals surface area contributed by atoms with Crippen LogP contribution in [-0.4, -0.2) is 18.3 Å². The van der Waals surface area contributed by atoms with Gasteiger partial charge in [0.25, 0.3) is 5.91 Å². The molecule has 2 rings (SSSR count). The van der Waals surface area contributed by atoms with E-state index >= 15 is 0 Å². The first-order valence-electron chi connectivity index (χ1n) is 7.32. The molecule has 116 valence electrons. The van der Waals surface area contributed by atoms with Crippen LogP contribution >= 0.6 is 11.6 Å². The number of hydrogen-bond donors (Lipinski definition) is 1. The molecule has 1 N–H and O–H groups in total. The Labute approximate surface area is 128 Å². The highest BCUT2D eigenvalue weighted by atomic mass is 35.5. The molecular weight excluding hydrogens is 296 g/mol. The Morgan fingerprint density at radius 1 is 1.24 bits per heavy atom. The van der Waals surface area contributed by atoms with Gasteiger partial charge in [-0.15, -0.1) is 11.6 Å². The Bertz CT molecular complexity index is 521. The standard InChI is InChI=1S/C16H20ClF2NO/c1-10-6-13(15(19)7-14(10)18)16(21)20-9-12-5-3-2-4-11(12)8-17/h6-7,11-12H,2-5,8-9H2,1H3,(H,20,21). The van der Waals surface area contributed by atoms with E-state index in [2.05, 4.69) is 5.32 Å². The Hall–Kier alpha value is -1.16. The van der Waals surface area contributed by atoms with Crippen LogP contribution in [0.4, 0.5) is 8.78 Å². The fourth-order valence-electron chi connectivity index (χ4n) is 2.91. The summed E-state index contributed by atoms with van der Waals surface area (Å²) in [5, 5.41) is 2.76. The number of aryl methyl sites for hydroxylation is 1. The highest BCUT2D eigenvalue weighted by molar-refractivity contribution is 6.18. The van der Waals surface area contributed by atoms with E-state index in [1.54, 1.807) is 0 Å². The number of hydrogen-bond acceptors (Lipinski definition) is 1. The minimum absolute atomic E-state index is 0.105. The van der Waals surface area contributed by atoms with Crippen LogP contribution in [0.5, 0.6) is 0 Å². The van der Waals surface area contributed by atoms with Crippen molar-refractivity contribution in [1.29, 1.82) is 0 Å². The second-order valence-corrected chi connectivity index (χ2v) is 6.06. The van der Waals surface area contributed by atoms with Gasteiger partial charge in [-0.05, 0) is 43.2 Å². The van der Waals surface area contributed by atoms with Crippen molar-refractivity contribution in [3.63, 3.8) is 0 Å². The zero-order valence-corrected chi connectivity index (χ0v) is 12.9. The number of carbonyl (C=O) groups excluding carboxylic acids is 1. The quantitative estimate of drug-likeness (QED) is 0.834. The summed E-state index contributed by atoms with van der Waals surface area (Å²) in [4.78, 5) is 12.1. The van der Waals surface area contributed by atoms with Gasteiger partial charge in [-0.25, -0.2) is 8.78 Å². The molecule has 0 heterocycles. The summed E-state index contributed by atoms with van der Waals surface area (Å²) < 4.78 is 26.9. The van der Waals surface area contributed by atoms with Crippen molar-refractivity contribution in [2.45, 2.75) is 32.6 Å². The molecule has 1 aliphatic rings. The highest BCUT2D eigenvalue weighted by Gasteiger charge is 2.25. The average Bonchev–Trinajstić information content (AvgIpc) is 2.48. The van der Waals surface area contributed by atoms with Crippen molar-refractivity contribution in [3.8, 4) is 0 Å². The van der Waals surface area contributed by atoms with E-state index in [1.807, 2.05) is 0 Å². The van der Waals surface area contributed by atoms with Crippen molar-refractivity contribution < 1.29 is 13.6 Å². The van der Waals surface area contributed by atoms with Gasteiger partial charge < -0.3 is 5.32 Å². The van der Waals surface area contributed by atoms with Crippen LogP contribution in [0.3, 0.4) is 0 Å². The first-order valence-corrected chi connectivity index (χ1v) is 7.86. The molecule has 0 radical (unpaired) electrons. The van der Waals surface area contributed by atoms with Gasteiger partial charge in [0.2, 0.25) is 0 Å². The lowest BCUT2D eigenvalue weighted by atomic mass is 9.80. The molecule has 2 atom stereocenters. The van der Waals surface area contributed by atoms with Crippen molar-refractivity contribution in [3.05, 3.63) is 34.9 Å². The van der Waals surface area contributed by atoms with Gasteiger partial charge in [-0.1, -0.05) is 12.8 Å². The minimum Gasteiger partial charge on any atom is -0.352 e. The predicted octanol–water partition coefficient (Wildman–Crippen LogP) is 4.05. The zero-order chi connectivity index (χ0) is 15.4. The van der Waals surface area contributed by atoms with E-state index in [9.17, 15) is 13.6 Å². The number of nitrogens with one attached hydrogen (secondary N) is 1. The van der Waals surface area contributed by atoms with Gasteiger partial charge in [0.15, 0.2) is 0 Å². The van der Waals surface area contributed by atoms with E-state index in [1.165, 1.54) is 19.4 Å². The second-order valence-electron chi connectivity index (χ2n) is 5.75. The van der Waals surface area contributed by atoms with E-state index in [0.717, 1.165) is 25.3 Å². The molecule has 0 spiro atoms. The van der Waals surface area contributed by atoms with Crippen molar-refractivity contribution >= 4 is 17.5 Å². The van der Waals surface area contributed by atoms with Crippen LogP contribution in [0.25, 0.3) is 0 Å². The molecule has 1 fully saturated rings. The van der Waals surface area contributed by atoms with E-state index in [4.69, 9.17) is 11.6 Å². The SMILES string of the molecule is Cc1cc(C(=O)NCC2CCCCC2CCl)c(F)cc1F. The molecule has 0 saturated heterocycles. The number of benzene rings is 1. The zero-order valence-electron chi connectivity index (χ0n) is 12.1. The fourth-order valence-corrected chi connectivity index (χ4v) is 3.31. The van der Waals surface area contributed by atoms with Crippen LogP contribution in [0.1, 0.15) is 41.6 Å². The van der Waals surface area contributed by atoms with Crippen molar-refractivity contribution in [1.82, 2.24) is 5.32 Å². The van der Waals surface area contributed by atoms with Crippen molar-refractivity contribution in [2.24, 2.45) is 11.8 Å². The molecule has 1 aromatic rings. The third kappa shape index (κ3) is 3.94. The molecule has 5 heteroatoms. The maximum atomic E-state index is 13.7. The van der Waals surface area contributed by atoms with Gasteiger partial charge in [-0.3, -0.25) is 4.79 Å². The number of carbonyl (C=O) groups is 1. The van der Waals surface area contributed by atoms with Gasteiger partial charge >= 0.3 is 0 Å². The maximum absolute atomic E-state index is 13.7. The van der Waals surface area contributed by atoms with Gasteiger partial charge in [0, 0.05) is 18.5 Å². The molecule has 0 aliphatic heterocycles. The summed E-state index contributed by atoms with van der Waals surface area (Å²) in [6.07, 6.45) is 4.42. The van der Waals surface area contributed by atoms with Crippen LogP contribution < -0.4 is 5.32 Å². The summed E-state index contributed by atoms with van der Waals surface area (Å²) in [6, 6.07) is 2.01. The summed E-state index contributed by atoms with van der Waals surface area (Å²) in [5.41, 5.74) is 0.157. The number of amides is 1. The van der Waals surface area contributed by atoms with Crippen LogP contribution in [-0.2, 0) is 0 Å². The van der Waals surface area contributed by atoms with E-state index in [-0.39, 0.29) is 11.1 Å². The molecule has 1 saturated carbocycles. The summed E-state index contributed by atoms with van der Waals surface area (Å²) in [5.74, 6) is -0.628. The number of alkyl halides is 1. The third-order valence-corrected chi connectivity index (χ3v) is 4.68. The number of rotatable bonds is 4. The Balaban J connectivity index is 2.00. The second kappa shape index (κ2) is 7.21. The first kappa shape index (κ1) is 16.2. The molecule has 1 amide bonds. The predicted molar refractivity (Wildman–Crippen MR) is 79.6 cm³/mol. The van der Waals surface area contributed by atoms with Gasteiger partial charge in [0.05, 0.1) is 5.56 Å². The van der Waals surface area contributed by atoms with Crippen LogP contribution in [0.15, 0.2) is 12.1 Å². The fraction of sp³-hybridized carbons (Fsp3) is 0.562. The highest BCUT2D eigenvalue weighted by Crippen LogP contribution is 2.30. The lowest BCUT2D eigenvalue weighted by molar-refractivity contribution is 0.0932. The molecule has 1 aromatic carbocycles. The Morgan fingerprint density at radius 2 is 1.90 bits per heavy atom. The maximum Gasteiger partial charge on any atom is 0.254 e. The molecule has 0 bridgehead atoms. The Morgan fingerprint density at radius 3 is 2.57 bits per heavy atom. The van der Waals surface area contributed by atoms with E-state index < -0.39 is 17.5 Å². The van der Waals surface area contributed by atoms with Gasteiger partial charge in [-0.2, -0.15) is 0 Å². The van der Waals surface area contributed by atoms with Gasteiger partial charge in [0.1, 0.15) is 11.6 Å². The Kier molecular flexibility index (Phi) is 5.57. The monoisotopic (exact) mass is 315 g/mol. The van der Waals surface area contributed by atoms with Crippen LogP contribution in [0, 0.1) is 30.4 Å². The molecule has 2 unspecified atom stereocenters. The molecule has 0 aromatic heterocycles. The largest absolute Gasteiger partial charge is 0.352 e. The lowest BCUT2D eigenvalue weighted by Crippen LogP contribution is -2.35. The molecule has 1 aliphatic carbocycles. The summed E-state index contributed by atoms with van der Waals surface area (Å²) >= 11 is 5.96.